The quantitative estimate of drug-likeness (QED) is 0.646. The number of hydrogen-bond acceptors (Lipinski definition) is 2. The number of rotatable bonds is 5. The predicted octanol–water partition coefficient (Wildman–Crippen LogP) is 4.83. The molecule has 0 aliphatic heterocycles. The van der Waals surface area contributed by atoms with Crippen molar-refractivity contribution in [3.8, 4) is 5.75 Å². The molecular formula is C14H15Br2ClN2O. The third kappa shape index (κ3) is 3.57. The highest BCUT2D eigenvalue weighted by Gasteiger charge is 2.11. The van der Waals surface area contributed by atoms with Gasteiger partial charge in [-0.1, -0.05) is 6.92 Å². The molecule has 0 radical (unpaired) electrons. The summed E-state index contributed by atoms with van der Waals surface area (Å²) in [7, 11) is 1.93. The fraction of sp³-hybridized carbons (Fsp3) is 0.357. The third-order valence-electron chi connectivity index (χ3n) is 2.97. The topological polar surface area (TPSA) is 27.1 Å². The number of aromatic nitrogens is 2. The van der Waals surface area contributed by atoms with E-state index < -0.39 is 0 Å². The summed E-state index contributed by atoms with van der Waals surface area (Å²) < 4.78 is 9.53. The Bertz CT molecular complexity index is 590. The molecule has 6 heteroatoms. The van der Waals surface area contributed by atoms with Crippen LogP contribution in [0.4, 0.5) is 0 Å². The van der Waals surface area contributed by atoms with Crippen molar-refractivity contribution in [2.24, 2.45) is 7.05 Å². The van der Waals surface area contributed by atoms with E-state index in [9.17, 15) is 0 Å². The number of ether oxygens (including phenoxy) is 1. The lowest BCUT2D eigenvalue weighted by Crippen LogP contribution is -2.04. The van der Waals surface area contributed by atoms with Crippen LogP contribution in [0.3, 0.4) is 0 Å². The first-order valence-corrected chi connectivity index (χ1v) is 8.35. The zero-order chi connectivity index (χ0) is 14.7. The first-order chi connectivity index (χ1) is 9.55. The van der Waals surface area contributed by atoms with Crippen LogP contribution >= 0.6 is 43.5 Å². The van der Waals surface area contributed by atoms with E-state index in [0.717, 1.165) is 38.1 Å². The lowest BCUT2D eigenvalue weighted by atomic mass is 10.2. The Balaban J connectivity index is 2.16. The van der Waals surface area contributed by atoms with Crippen molar-refractivity contribution in [2.45, 2.75) is 25.8 Å². The number of nitrogens with zero attached hydrogens (tertiary/aromatic N) is 2. The minimum Gasteiger partial charge on any atom is -0.485 e. The number of benzene rings is 1. The van der Waals surface area contributed by atoms with Crippen molar-refractivity contribution in [3.63, 3.8) is 0 Å². The van der Waals surface area contributed by atoms with E-state index in [1.807, 2.05) is 23.9 Å². The lowest BCUT2D eigenvalue weighted by molar-refractivity contribution is 0.291. The van der Waals surface area contributed by atoms with Crippen LogP contribution in [0.5, 0.6) is 5.75 Å². The van der Waals surface area contributed by atoms with E-state index >= 15 is 0 Å². The van der Waals surface area contributed by atoms with Crippen LogP contribution < -0.4 is 4.74 Å². The number of aryl methyl sites for hydroxylation is 2. The summed E-state index contributed by atoms with van der Waals surface area (Å²) in [6.07, 6.45) is 0.922. The van der Waals surface area contributed by atoms with E-state index in [1.54, 1.807) is 0 Å². The molecule has 0 aliphatic carbocycles. The van der Waals surface area contributed by atoms with E-state index in [0.29, 0.717) is 12.5 Å². The average Bonchev–Trinajstić information content (AvgIpc) is 2.78. The number of hydrogen-bond donors (Lipinski definition) is 0. The Morgan fingerprint density at radius 2 is 1.90 bits per heavy atom. The van der Waals surface area contributed by atoms with Gasteiger partial charge in [0.25, 0.3) is 0 Å². The van der Waals surface area contributed by atoms with E-state index in [4.69, 9.17) is 16.3 Å². The molecule has 0 amide bonds. The minimum absolute atomic E-state index is 0.471. The van der Waals surface area contributed by atoms with Crippen molar-refractivity contribution in [1.29, 1.82) is 0 Å². The number of alkyl halides is 1. The summed E-state index contributed by atoms with van der Waals surface area (Å²) in [6.45, 7) is 2.56. The predicted molar refractivity (Wildman–Crippen MR) is 88.3 cm³/mol. The summed E-state index contributed by atoms with van der Waals surface area (Å²) in [4.78, 5) is 0. The van der Waals surface area contributed by atoms with Crippen LogP contribution in [-0.2, 0) is 26.0 Å². The summed E-state index contributed by atoms with van der Waals surface area (Å²) in [6, 6.07) is 6.00. The second-order valence-corrected chi connectivity index (χ2v) is 6.39. The van der Waals surface area contributed by atoms with Gasteiger partial charge in [-0.05, 0) is 62.0 Å². The molecule has 1 aromatic heterocycles. The molecule has 3 nitrogen and oxygen atoms in total. The second-order valence-electron chi connectivity index (χ2n) is 4.42. The van der Waals surface area contributed by atoms with Crippen LogP contribution in [0.2, 0.25) is 0 Å². The lowest BCUT2D eigenvalue weighted by Gasteiger charge is -2.11. The molecule has 1 heterocycles. The van der Waals surface area contributed by atoms with Crippen LogP contribution in [0, 0.1) is 0 Å². The van der Waals surface area contributed by atoms with Gasteiger partial charge in [0.1, 0.15) is 12.4 Å². The fourth-order valence-corrected chi connectivity index (χ4v) is 3.52. The van der Waals surface area contributed by atoms with Crippen molar-refractivity contribution in [2.75, 3.05) is 0 Å². The van der Waals surface area contributed by atoms with Gasteiger partial charge in [-0.25, -0.2) is 0 Å². The molecule has 0 saturated carbocycles. The molecule has 0 N–H and O–H groups in total. The third-order valence-corrected chi connectivity index (χ3v) is 4.45. The Labute approximate surface area is 140 Å². The molecule has 0 fully saturated rings. The van der Waals surface area contributed by atoms with Crippen molar-refractivity contribution in [3.05, 3.63) is 44.1 Å². The van der Waals surface area contributed by atoms with E-state index in [-0.39, 0.29) is 0 Å². The highest BCUT2D eigenvalue weighted by atomic mass is 79.9. The molecular weight excluding hydrogens is 407 g/mol. The normalized spacial score (nSPS) is 10.8. The van der Waals surface area contributed by atoms with Gasteiger partial charge in [-0.2, -0.15) is 5.10 Å². The molecule has 2 rings (SSSR count). The maximum absolute atomic E-state index is 5.89. The summed E-state index contributed by atoms with van der Waals surface area (Å²) >= 11 is 12.9. The van der Waals surface area contributed by atoms with Crippen LogP contribution in [0.25, 0.3) is 0 Å². The molecule has 0 saturated heterocycles. The van der Waals surface area contributed by atoms with E-state index in [1.165, 1.54) is 0 Å². The smallest absolute Gasteiger partial charge is 0.148 e. The Hall–Kier alpha value is -0.520. The molecule has 0 bridgehead atoms. The molecule has 0 unspecified atom stereocenters. The maximum atomic E-state index is 5.89. The van der Waals surface area contributed by atoms with Gasteiger partial charge in [-0.3, -0.25) is 4.68 Å². The molecule has 1 aromatic carbocycles. The minimum atomic E-state index is 0.471. The second kappa shape index (κ2) is 6.96. The van der Waals surface area contributed by atoms with Gasteiger partial charge in [-0.15, -0.1) is 11.6 Å². The Morgan fingerprint density at radius 1 is 1.25 bits per heavy atom. The van der Waals surface area contributed by atoms with Crippen molar-refractivity contribution >= 4 is 43.5 Å². The zero-order valence-corrected chi connectivity index (χ0v) is 15.2. The molecule has 2 aromatic rings. The van der Waals surface area contributed by atoms with Gasteiger partial charge in [0.15, 0.2) is 0 Å². The van der Waals surface area contributed by atoms with Gasteiger partial charge < -0.3 is 4.74 Å². The SMILES string of the molecule is CCc1cc(COc2c(Br)cc(CCl)cc2Br)n(C)n1. The fourth-order valence-electron chi connectivity index (χ4n) is 1.85. The summed E-state index contributed by atoms with van der Waals surface area (Å²) in [5.41, 5.74) is 3.15. The maximum Gasteiger partial charge on any atom is 0.148 e. The summed E-state index contributed by atoms with van der Waals surface area (Å²) in [5, 5.41) is 4.41. The zero-order valence-electron chi connectivity index (χ0n) is 11.3. The Morgan fingerprint density at radius 3 is 2.40 bits per heavy atom. The van der Waals surface area contributed by atoms with Crippen LogP contribution in [-0.4, -0.2) is 9.78 Å². The van der Waals surface area contributed by atoms with Gasteiger partial charge in [0.2, 0.25) is 0 Å². The summed E-state index contributed by atoms with van der Waals surface area (Å²) in [5.74, 6) is 1.25. The van der Waals surface area contributed by atoms with Crippen molar-refractivity contribution < 1.29 is 4.74 Å². The first kappa shape index (κ1) is 15.9. The van der Waals surface area contributed by atoms with Gasteiger partial charge in [0.05, 0.1) is 20.3 Å². The van der Waals surface area contributed by atoms with Crippen molar-refractivity contribution in [1.82, 2.24) is 9.78 Å². The Kier molecular flexibility index (Phi) is 5.52. The molecule has 0 spiro atoms. The number of halogens is 3. The molecule has 0 aliphatic rings. The molecule has 108 valence electrons. The molecule has 20 heavy (non-hydrogen) atoms. The van der Waals surface area contributed by atoms with Crippen LogP contribution in [0.1, 0.15) is 23.9 Å². The standard InChI is InChI=1S/C14H15Br2ClN2O/c1-3-10-6-11(19(2)18-10)8-20-14-12(15)4-9(7-17)5-13(14)16/h4-6H,3,7-8H2,1-2H3. The first-order valence-electron chi connectivity index (χ1n) is 6.23. The largest absolute Gasteiger partial charge is 0.485 e. The molecule has 0 atom stereocenters. The average molecular weight is 423 g/mol. The van der Waals surface area contributed by atoms with E-state index in [2.05, 4.69) is 49.9 Å². The van der Waals surface area contributed by atoms with Gasteiger partial charge in [0, 0.05) is 12.9 Å². The highest BCUT2D eigenvalue weighted by molar-refractivity contribution is 9.11. The monoisotopic (exact) mass is 420 g/mol. The highest BCUT2D eigenvalue weighted by Crippen LogP contribution is 2.35. The van der Waals surface area contributed by atoms with Gasteiger partial charge >= 0.3 is 0 Å². The van der Waals surface area contributed by atoms with Crippen LogP contribution in [0.15, 0.2) is 27.1 Å².